The van der Waals surface area contributed by atoms with Crippen LogP contribution >= 0.6 is 23.4 Å². The van der Waals surface area contributed by atoms with E-state index in [2.05, 4.69) is 5.32 Å². The van der Waals surface area contributed by atoms with Gasteiger partial charge in [0, 0.05) is 16.3 Å². The molecular formula is C14H13ClFNS. The molecule has 1 nitrogen and oxygen atoms in total. The predicted molar refractivity (Wildman–Crippen MR) is 74.7 cm³/mol. The van der Waals surface area contributed by atoms with Crippen molar-refractivity contribution in [2.24, 2.45) is 0 Å². The van der Waals surface area contributed by atoms with Crippen LogP contribution in [0.25, 0.3) is 0 Å². The van der Waals surface area contributed by atoms with Crippen molar-refractivity contribution in [2.45, 2.75) is 16.3 Å². The first-order chi connectivity index (χ1) is 8.70. The largest absolute Gasteiger partial charge is 0.316 e. The second kappa shape index (κ2) is 6.23. The molecule has 0 atom stereocenters. The van der Waals surface area contributed by atoms with Gasteiger partial charge in [0.1, 0.15) is 5.82 Å². The van der Waals surface area contributed by atoms with E-state index < -0.39 is 0 Å². The molecule has 2 aromatic rings. The first-order valence-corrected chi connectivity index (χ1v) is 6.75. The Bertz CT molecular complexity index is 545. The van der Waals surface area contributed by atoms with Crippen molar-refractivity contribution in [2.75, 3.05) is 7.05 Å². The molecular weight excluding hydrogens is 269 g/mol. The van der Waals surface area contributed by atoms with Crippen LogP contribution in [0.15, 0.2) is 52.3 Å². The van der Waals surface area contributed by atoms with Gasteiger partial charge in [-0.2, -0.15) is 0 Å². The molecule has 0 spiro atoms. The SMILES string of the molecule is CNCc1cccc(Cl)c1Sc1cccc(F)c1. The summed E-state index contributed by atoms with van der Waals surface area (Å²) >= 11 is 7.70. The van der Waals surface area contributed by atoms with Crippen LogP contribution in [-0.4, -0.2) is 7.05 Å². The Morgan fingerprint density at radius 2 is 2.00 bits per heavy atom. The van der Waals surface area contributed by atoms with E-state index in [0.717, 1.165) is 21.9 Å². The zero-order valence-corrected chi connectivity index (χ0v) is 11.5. The fourth-order valence-electron chi connectivity index (χ4n) is 1.65. The molecule has 18 heavy (non-hydrogen) atoms. The summed E-state index contributed by atoms with van der Waals surface area (Å²) in [6.45, 7) is 0.734. The van der Waals surface area contributed by atoms with Crippen LogP contribution in [0.3, 0.4) is 0 Å². The van der Waals surface area contributed by atoms with Crippen LogP contribution in [-0.2, 0) is 6.54 Å². The summed E-state index contributed by atoms with van der Waals surface area (Å²) in [5, 5.41) is 3.79. The molecule has 0 aromatic heterocycles. The van der Waals surface area contributed by atoms with Gasteiger partial charge in [-0.3, -0.25) is 0 Å². The average molecular weight is 282 g/mol. The molecule has 2 aromatic carbocycles. The van der Waals surface area contributed by atoms with Gasteiger partial charge in [-0.1, -0.05) is 41.6 Å². The summed E-state index contributed by atoms with van der Waals surface area (Å²) < 4.78 is 13.2. The second-order valence-corrected chi connectivity index (χ2v) is 5.31. The molecule has 0 saturated heterocycles. The quantitative estimate of drug-likeness (QED) is 0.894. The van der Waals surface area contributed by atoms with Gasteiger partial charge in [-0.25, -0.2) is 4.39 Å². The Morgan fingerprint density at radius 3 is 2.72 bits per heavy atom. The molecule has 0 aliphatic carbocycles. The third kappa shape index (κ3) is 3.25. The maximum Gasteiger partial charge on any atom is 0.124 e. The zero-order chi connectivity index (χ0) is 13.0. The van der Waals surface area contributed by atoms with E-state index in [1.807, 2.05) is 31.3 Å². The van der Waals surface area contributed by atoms with Crippen LogP contribution in [0.1, 0.15) is 5.56 Å². The standard InChI is InChI=1S/C14H13ClFNS/c1-17-9-10-4-2-7-13(15)14(10)18-12-6-3-5-11(16)8-12/h2-8,17H,9H2,1H3. The molecule has 0 unspecified atom stereocenters. The Morgan fingerprint density at radius 1 is 1.22 bits per heavy atom. The van der Waals surface area contributed by atoms with Crippen molar-refractivity contribution in [3.05, 3.63) is 58.9 Å². The number of rotatable bonds is 4. The zero-order valence-electron chi connectivity index (χ0n) is 9.91. The van der Waals surface area contributed by atoms with Crippen molar-refractivity contribution in [3.8, 4) is 0 Å². The lowest BCUT2D eigenvalue weighted by molar-refractivity contribution is 0.624. The van der Waals surface area contributed by atoms with E-state index >= 15 is 0 Å². The molecule has 0 radical (unpaired) electrons. The molecule has 0 fully saturated rings. The minimum Gasteiger partial charge on any atom is -0.316 e. The van der Waals surface area contributed by atoms with Crippen LogP contribution in [0, 0.1) is 5.82 Å². The third-order valence-corrected chi connectivity index (χ3v) is 4.03. The number of nitrogens with one attached hydrogen (secondary N) is 1. The second-order valence-electron chi connectivity index (χ2n) is 3.82. The van der Waals surface area contributed by atoms with E-state index in [1.54, 1.807) is 6.07 Å². The van der Waals surface area contributed by atoms with Crippen LogP contribution in [0.4, 0.5) is 4.39 Å². The summed E-state index contributed by atoms with van der Waals surface area (Å²) in [5.74, 6) is -0.234. The van der Waals surface area contributed by atoms with Crippen LogP contribution in [0.5, 0.6) is 0 Å². The summed E-state index contributed by atoms with van der Waals surface area (Å²) in [6, 6.07) is 12.3. The Labute approximate surface area is 115 Å². The van der Waals surface area contributed by atoms with Gasteiger partial charge >= 0.3 is 0 Å². The molecule has 0 amide bonds. The van der Waals surface area contributed by atoms with Crippen molar-refractivity contribution in [3.63, 3.8) is 0 Å². The topological polar surface area (TPSA) is 12.0 Å². The van der Waals surface area contributed by atoms with Crippen molar-refractivity contribution in [1.29, 1.82) is 0 Å². The highest BCUT2D eigenvalue weighted by Gasteiger charge is 2.08. The highest BCUT2D eigenvalue weighted by molar-refractivity contribution is 7.99. The highest BCUT2D eigenvalue weighted by atomic mass is 35.5. The fourth-order valence-corrected chi connectivity index (χ4v) is 2.95. The summed E-state index contributed by atoms with van der Waals surface area (Å²) in [5.41, 5.74) is 1.11. The first-order valence-electron chi connectivity index (χ1n) is 5.56. The average Bonchev–Trinajstić information content (AvgIpc) is 2.34. The third-order valence-electron chi connectivity index (χ3n) is 2.43. The Balaban J connectivity index is 2.33. The normalized spacial score (nSPS) is 10.6. The van der Waals surface area contributed by atoms with Crippen LogP contribution in [0.2, 0.25) is 5.02 Å². The lowest BCUT2D eigenvalue weighted by atomic mass is 10.2. The molecule has 4 heteroatoms. The molecule has 2 rings (SSSR count). The minimum absolute atomic E-state index is 0.234. The molecule has 0 heterocycles. The lowest BCUT2D eigenvalue weighted by Crippen LogP contribution is -2.06. The van der Waals surface area contributed by atoms with Crippen molar-refractivity contribution < 1.29 is 4.39 Å². The van der Waals surface area contributed by atoms with Gasteiger partial charge in [0.15, 0.2) is 0 Å². The fraction of sp³-hybridized carbons (Fsp3) is 0.143. The van der Waals surface area contributed by atoms with E-state index in [-0.39, 0.29) is 5.82 Å². The molecule has 0 bridgehead atoms. The van der Waals surface area contributed by atoms with Crippen molar-refractivity contribution in [1.82, 2.24) is 5.32 Å². The van der Waals surface area contributed by atoms with Crippen molar-refractivity contribution >= 4 is 23.4 Å². The summed E-state index contributed by atoms with van der Waals surface area (Å²) in [7, 11) is 1.89. The van der Waals surface area contributed by atoms with Gasteiger partial charge in [0.25, 0.3) is 0 Å². The maximum absolute atomic E-state index is 13.2. The van der Waals surface area contributed by atoms with Gasteiger partial charge in [-0.05, 0) is 36.9 Å². The maximum atomic E-state index is 13.2. The Kier molecular flexibility index (Phi) is 4.64. The van der Waals surface area contributed by atoms with Gasteiger partial charge < -0.3 is 5.32 Å². The number of hydrogen-bond acceptors (Lipinski definition) is 2. The smallest absolute Gasteiger partial charge is 0.124 e. The molecule has 0 saturated carbocycles. The monoisotopic (exact) mass is 281 g/mol. The van der Waals surface area contributed by atoms with E-state index in [9.17, 15) is 4.39 Å². The molecule has 0 aliphatic rings. The summed E-state index contributed by atoms with van der Waals surface area (Å²) in [6.07, 6.45) is 0. The highest BCUT2D eigenvalue weighted by Crippen LogP contribution is 2.36. The number of halogens is 2. The first kappa shape index (κ1) is 13.4. The predicted octanol–water partition coefficient (Wildman–Crippen LogP) is 4.35. The molecule has 0 aliphatic heterocycles. The van der Waals surface area contributed by atoms with E-state index in [1.165, 1.54) is 23.9 Å². The summed E-state index contributed by atoms with van der Waals surface area (Å²) in [4.78, 5) is 1.82. The van der Waals surface area contributed by atoms with E-state index in [4.69, 9.17) is 11.6 Å². The van der Waals surface area contributed by atoms with Gasteiger partial charge in [-0.15, -0.1) is 0 Å². The van der Waals surface area contributed by atoms with Gasteiger partial charge in [0.2, 0.25) is 0 Å². The van der Waals surface area contributed by atoms with Gasteiger partial charge in [0.05, 0.1) is 5.02 Å². The minimum atomic E-state index is -0.234. The van der Waals surface area contributed by atoms with E-state index in [0.29, 0.717) is 5.02 Å². The molecule has 1 N–H and O–H groups in total. The van der Waals surface area contributed by atoms with Crippen LogP contribution < -0.4 is 5.32 Å². The number of benzene rings is 2. The Hall–Kier alpha value is -1.03. The molecule has 94 valence electrons. The number of hydrogen-bond donors (Lipinski definition) is 1. The lowest BCUT2D eigenvalue weighted by Gasteiger charge is -2.10.